The molecule has 0 bridgehead atoms. The molecule has 2 rings (SSSR count). The third-order valence-corrected chi connectivity index (χ3v) is 3.25. The molecule has 98 valence electrons. The fourth-order valence-corrected chi connectivity index (χ4v) is 2.56. The van der Waals surface area contributed by atoms with Crippen LogP contribution in [0.3, 0.4) is 0 Å². The van der Waals surface area contributed by atoms with E-state index in [0.29, 0.717) is 15.7 Å². The zero-order chi connectivity index (χ0) is 14.0. The average Bonchev–Trinajstić information content (AvgIpc) is 2.26. The molecule has 0 radical (unpaired) electrons. The molecular weight excluding hydrogens is 267 g/mol. The summed E-state index contributed by atoms with van der Waals surface area (Å²) in [6, 6.07) is 5.72. The van der Waals surface area contributed by atoms with Crippen molar-refractivity contribution in [2.45, 2.75) is 17.0 Å². The molecule has 19 heavy (non-hydrogen) atoms. The molecule has 2 aromatic rings. The van der Waals surface area contributed by atoms with Gasteiger partial charge in [0.25, 0.3) is 5.56 Å². The Morgan fingerprint density at radius 1 is 1.53 bits per heavy atom. The number of nitrogen functional groups attached to an aromatic ring is 1. The van der Waals surface area contributed by atoms with Crippen LogP contribution < -0.4 is 11.3 Å². The van der Waals surface area contributed by atoms with Gasteiger partial charge in [-0.2, -0.15) is 0 Å². The van der Waals surface area contributed by atoms with Gasteiger partial charge in [-0.25, -0.2) is 9.37 Å². The van der Waals surface area contributed by atoms with Gasteiger partial charge in [0.15, 0.2) is 5.16 Å². The second-order valence-corrected chi connectivity index (χ2v) is 4.85. The first-order chi connectivity index (χ1) is 8.97. The summed E-state index contributed by atoms with van der Waals surface area (Å²) in [6.07, 6.45) is 0. The Bertz CT molecular complexity index is 698. The van der Waals surface area contributed by atoms with Crippen LogP contribution in [0.15, 0.2) is 39.1 Å². The van der Waals surface area contributed by atoms with Crippen molar-refractivity contribution in [2.75, 3.05) is 0 Å². The number of rotatable bonds is 3. The van der Waals surface area contributed by atoms with E-state index in [9.17, 15) is 9.18 Å². The normalized spacial score (nSPS) is 10.4. The molecule has 5 nitrogen and oxygen atoms in total. The minimum absolute atomic E-state index is 0.0108. The number of nitrogens with one attached hydrogen (secondary N) is 2. The number of aryl methyl sites for hydroxylation is 1. The van der Waals surface area contributed by atoms with Crippen molar-refractivity contribution < 1.29 is 4.39 Å². The average molecular weight is 278 g/mol. The predicted molar refractivity (Wildman–Crippen MR) is 71.1 cm³/mol. The lowest BCUT2D eigenvalue weighted by molar-refractivity contribution is 0.621. The Morgan fingerprint density at radius 2 is 2.26 bits per heavy atom. The van der Waals surface area contributed by atoms with Gasteiger partial charge in [-0.1, -0.05) is 17.8 Å². The van der Waals surface area contributed by atoms with Gasteiger partial charge in [0.05, 0.1) is 5.56 Å². The Balaban J connectivity index is 2.46. The van der Waals surface area contributed by atoms with Crippen LogP contribution in [0.25, 0.3) is 0 Å². The van der Waals surface area contributed by atoms with Crippen LogP contribution in [0.1, 0.15) is 11.3 Å². The first-order valence-electron chi connectivity index (χ1n) is 5.36. The smallest absolute Gasteiger partial charge is 0.251 e. The minimum Gasteiger partial charge on any atom is -0.384 e. The van der Waals surface area contributed by atoms with Crippen molar-refractivity contribution in [1.29, 1.82) is 5.41 Å². The summed E-state index contributed by atoms with van der Waals surface area (Å²) in [7, 11) is 0. The Kier molecular flexibility index (Phi) is 3.66. The van der Waals surface area contributed by atoms with Gasteiger partial charge >= 0.3 is 0 Å². The summed E-state index contributed by atoms with van der Waals surface area (Å²) in [5, 5.41) is 7.73. The monoisotopic (exact) mass is 278 g/mol. The molecule has 0 saturated carbocycles. The van der Waals surface area contributed by atoms with Crippen LogP contribution in [-0.2, 0) is 0 Å². The molecular formula is C12H11FN4OS. The zero-order valence-corrected chi connectivity index (χ0v) is 10.8. The largest absolute Gasteiger partial charge is 0.384 e. The summed E-state index contributed by atoms with van der Waals surface area (Å²) in [4.78, 5) is 18.4. The lowest BCUT2D eigenvalue weighted by atomic mass is 10.2. The quantitative estimate of drug-likeness (QED) is 0.452. The third-order valence-electron chi connectivity index (χ3n) is 2.30. The number of hydrogen-bond donors (Lipinski definition) is 3. The zero-order valence-electron chi connectivity index (χ0n) is 10.0. The molecule has 0 aliphatic carbocycles. The van der Waals surface area contributed by atoms with Crippen molar-refractivity contribution in [3.05, 3.63) is 51.7 Å². The molecule has 1 aromatic carbocycles. The number of nitrogens with two attached hydrogens (primary N) is 1. The van der Waals surface area contributed by atoms with Gasteiger partial charge < -0.3 is 10.7 Å². The van der Waals surface area contributed by atoms with Crippen molar-refractivity contribution in [1.82, 2.24) is 9.97 Å². The summed E-state index contributed by atoms with van der Waals surface area (Å²) in [6.45, 7) is 1.69. The van der Waals surface area contributed by atoms with Crippen molar-refractivity contribution in [3.8, 4) is 0 Å². The second kappa shape index (κ2) is 5.23. The fourth-order valence-electron chi connectivity index (χ4n) is 1.55. The molecule has 0 fully saturated rings. The van der Waals surface area contributed by atoms with Gasteiger partial charge in [-0.15, -0.1) is 0 Å². The van der Waals surface area contributed by atoms with E-state index < -0.39 is 5.82 Å². The molecule has 1 heterocycles. The fraction of sp³-hybridized carbons (Fsp3) is 0.0833. The third kappa shape index (κ3) is 3.00. The molecule has 0 aliphatic rings. The topological polar surface area (TPSA) is 95.6 Å². The Labute approximate surface area is 112 Å². The molecule has 4 N–H and O–H groups in total. The maximum absolute atomic E-state index is 13.6. The lowest BCUT2D eigenvalue weighted by Gasteiger charge is -2.08. The van der Waals surface area contributed by atoms with Gasteiger partial charge in [-0.3, -0.25) is 10.2 Å². The molecule has 0 saturated heterocycles. The standard InChI is InChI=1S/C12H11FN4OS/c1-6-5-9(18)17-12(16-6)19-8-4-2-3-7(13)10(8)11(14)15/h2-5H,1H3,(H3,14,15)(H,16,17,18). The SMILES string of the molecule is Cc1cc(=O)[nH]c(Sc2cccc(F)c2C(=N)N)n1. The maximum Gasteiger partial charge on any atom is 0.251 e. The van der Waals surface area contributed by atoms with E-state index in [1.54, 1.807) is 13.0 Å². The van der Waals surface area contributed by atoms with E-state index in [2.05, 4.69) is 9.97 Å². The summed E-state index contributed by atoms with van der Waals surface area (Å²) < 4.78 is 13.6. The van der Waals surface area contributed by atoms with Gasteiger partial charge in [0.2, 0.25) is 0 Å². The highest BCUT2D eigenvalue weighted by Gasteiger charge is 2.13. The number of benzene rings is 1. The van der Waals surface area contributed by atoms with Gasteiger partial charge in [-0.05, 0) is 19.1 Å². The van der Waals surface area contributed by atoms with E-state index >= 15 is 0 Å². The summed E-state index contributed by atoms with van der Waals surface area (Å²) >= 11 is 1.06. The van der Waals surface area contributed by atoms with Gasteiger partial charge in [0.1, 0.15) is 11.7 Å². The number of aromatic amines is 1. The van der Waals surface area contributed by atoms with Gasteiger partial charge in [0, 0.05) is 16.7 Å². The molecule has 0 unspecified atom stereocenters. The Hall–Kier alpha value is -2.15. The van der Waals surface area contributed by atoms with Crippen LogP contribution in [0, 0.1) is 18.2 Å². The van der Waals surface area contributed by atoms with Crippen LogP contribution in [0.5, 0.6) is 0 Å². The number of H-pyrrole nitrogens is 1. The highest BCUT2D eigenvalue weighted by atomic mass is 32.2. The van der Waals surface area contributed by atoms with Crippen LogP contribution in [0.2, 0.25) is 0 Å². The van der Waals surface area contributed by atoms with Crippen molar-refractivity contribution in [2.24, 2.45) is 5.73 Å². The molecule has 1 aromatic heterocycles. The lowest BCUT2D eigenvalue weighted by Crippen LogP contribution is -2.15. The summed E-state index contributed by atoms with van der Waals surface area (Å²) in [5.41, 5.74) is 5.66. The number of halogens is 1. The van der Waals surface area contributed by atoms with Crippen LogP contribution >= 0.6 is 11.8 Å². The number of nitrogens with zero attached hydrogens (tertiary/aromatic N) is 1. The molecule has 0 aliphatic heterocycles. The van der Waals surface area contributed by atoms with Crippen molar-refractivity contribution >= 4 is 17.6 Å². The number of amidine groups is 1. The van der Waals surface area contributed by atoms with E-state index in [1.165, 1.54) is 18.2 Å². The highest BCUT2D eigenvalue weighted by molar-refractivity contribution is 7.99. The minimum atomic E-state index is -0.576. The second-order valence-electron chi connectivity index (χ2n) is 3.82. The maximum atomic E-state index is 13.6. The number of hydrogen-bond acceptors (Lipinski definition) is 4. The van der Waals surface area contributed by atoms with E-state index in [0.717, 1.165) is 11.8 Å². The molecule has 7 heteroatoms. The Morgan fingerprint density at radius 3 is 2.89 bits per heavy atom. The highest BCUT2D eigenvalue weighted by Crippen LogP contribution is 2.28. The molecule has 0 spiro atoms. The first-order valence-corrected chi connectivity index (χ1v) is 6.18. The van der Waals surface area contributed by atoms with Crippen LogP contribution in [0.4, 0.5) is 4.39 Å². The van der Waals surface area contributed by atoms with E-state index in [4.69, 9.17) is 11.1 Å². The van der Waals surface area contributed by atoms with Crippen molar-refractivity contribution in [3.63, 3.8) is 0 Å². The molecule has 0 amide bonds. The number of aromatic nitrogens is 2. The first kappa shape index (κ1) is 13.3. The summed E-state index contributed by atoms with van der Waals surface area (Å²) in [5.74, 6) is -0.942. The van der Waals surface area contributed by atoms with Crippen LogP contribution in [-0.4, -0.2) is 15.8 Å². The molecule has 0 atom stereocenters. The van der Waals surface area contributed by atoms with E-state index in [-0.39, 0.29) is 17.0 Å². The predicted octanol–water partition coefficient (Wildman–Crippen LogP) is 1.65. The van der Waals surface area contributed by atoms with E-state index in [1.807, 2.05) is 0 Å².